The highest BCUT2D eigenvalue weighted by Gasteiger charge is 2.17. The zero-order valence-electron chi connectivity index (χ0n) is 12.0. The van der Waals surface area contributed by atoms with E-state index in [-0.39, 0.29) is 6.04 Å². The van der Waals surface area contributed by atoms with E-state index in [0.717, 1.165) is 34.0 Å². The van der Waals surface area contributed by atoms with Gasteiger partial charge in [0, 0.05) is 24.5 Å². The minimum absolute atomic E-state index is 0.148. The molecule has 20 heavy (non-hydrogen) atoms. The standard InChI is InChI=1S/C15H19Cl2N3/c1-4-13-15(17)14(20(3)19-13)8-12(18)10-5-9(2)6-11(16)7-10/h5-7,12H,4,8,18H2,1-3H3. The topological polar surface area (TPSA) is 43.8 Å². The summed E-state index contributed by atoms with van der Waals surface area (Å²) < 4.78 is 1.82. The molecule has 2 aromatic rings. The van der Waals surface area contributed by atoms with Crippen molar-refractivity contribution in [3.63, 3.8) is 0 Å². The third-order valence-electron chi connectivity index (χ3n) is 3.41. The van der Waals surface area contributed by atoms with Crippen molar-refractivity contribution in [2.24, 2.45) is 12.8 Å². The van der Waals surface area contributed by atoms with Gasteiger partial charge in [-0.15, -0.1) is 0 Å². The average molecular weight is 312 g/mol. The van der Waals surface area contributed by atoms with E-state index >= 15 is 0 Å². The molecule has 0 radical (unpaired) electrons. The molecule has 2 rings (SSSR count). The number of nitrogens with two attached hydrogens (primary N) is 1. The highest BCUT2D eigenvalue weighted by atomic mass is 35.5. The molecule has 0 spiro atoms. The lowest BCUT2D eigenvalue weighted by atomic mass is 10.0. The zero-order chi connectivity index (χ0) is 14.9. The fraction of sp³-hybridized carbons (Fsp3) is 0.400. The van der Waals surface area contributed by atoms with Gasteiger partial charge in [0.05, 0.1) is 16.4 Å². The number of hydrogen-bond donors (Lipinski definition) is 1. The lowest BCUT2D eigenvalue weighted by Crippen LogP contribution is -2.15. The summed E-state index contributed by atoms with van der Waals surface area (Å²) >= 11 is 12.4. The Morgan fingerprint density at radius 2 is 2.00 bits per heavy atom. The van der Waals surface area contributed by atoms with Crippen molar-refractivity contribution >= 4 is 23.2 Å². The van der Waals surface area contributed by atoms with Crippen LogP contribution in [0.2, 0.25) is 10.0 Å². The van der Waals surface area contributed by atoms with E-state index in [2.05, 4.69) is 11.2 Å². The Balaban J connectivity index is 2.27. The molecule has 0 saturated heterocycles. The summed E-state index contributed by atoms with van der Waals surface area (Å²) in [6.45, 7) is 4.05. The Morgan fingerprint density at radius 1 is 1.30 bits per heavy atom. The van der Waals surface area contributed by atoms with E-state index in [9.17, 15) is 0 Å². The van der Waals surface area contributed by atoms with Gasteiger partial charge in [-0.2, -0.15) is 5.10 Å². The molecule has 3 nitrogen and oxygen atoms in total. The van der Waals surface area contributed by atoms with Gasteiger partial charge in [-0.05, 0) is 36.6 Å². The Kier molecular flexibility index (Phi) is 4.74. The fourth-order valence-electron chi connectivity index (χ4n) is 2.35. The van der Waals surface area contributed by atoms with Crippen molar-refractivity contribution in [3.8, 4) is 0 Å². The maximum absolute atomic E-state index is 6.36. The second-order valence-corrected chi connectivity index (χ2v) is 5.87. The van der Waals surface area contributed by atoms with Crippen LogP contribution in [0.25, 0.3) is 0 Å². The fourth-order valence-corrected chi connectivity index (χ4v) is 3.02. The molecule has 108 valence electrons. The van der Waals surface area contributed by atoms with Gasteiger partial charge in [0.25, 0.3) is 0 Å². The molecule has 1 atom stereocenters. The molecule has 0 amide bonds. The van der Waals surface area contributed by atoms with E-state index in [4.69, 9.17) is 28.9 Å². The third-order valence-corrected chi connectivity index (χ3v) is 4.06. The average Bonchev–Trinajstić information content (AvgIpc) is 2.65. The second kappa shape index (κ2) is 6.17. The minimum atomic E-state index is -0.148. The lowest BCUT2D eigenvalue weighted by Gasteiger charge is -2.14. The molecule has 5 heteroatoms. The van der Waals surface area contributed by atoms with Crippen molar-refractivity contribution in [3.05, 3.63) is 50.8 Å². The van der Waals surface area contributed by atoms with Gasteiger partial charge < -0.3 is 5.73 Å². The summed E-state index contributed by atoms with van der Waals surface area (Å²) in [6.07, 6.45) is 1.46. The maximum atomic E-state index is 6.36. The number of aryl methyl sites for hydroxylation is 3. The lowest BCUT2D eigenvalue weighted by molar-refractivity contribution is 0.638. The molecule has 2 N–H and O–H groups in total. The summed E-state index contributed by atoms with van der Waals surface area (Å²) in [7, 11) is 1.90. The summed E-state index contributed by atoms with van der Waals surface area (Å²) in [4.78, 5) is 0. The van der Waals surface area contributed by atoms with Crippen LogP contribution in [0.5, 0.6) is 0 Å². The van der Waals surface area contributed by atoms with Crippen LogP contribution < -0.4 is 5.73 Å². The van der Waals surface area contributed by atoms with Crippen molar-refractivity contribution in [2.45, 2.75) is 32.7 Å². The van der Waals surface area contributed by atoms with Crippen LogP contribution in [0.4, 0.5) is 0 Å². The van der Waals surface area contributed by atoms with E-state index in [1.807, 2.05) is 37.7 Å². The third kappa shape index (κ3) is 3.17. The first-order chi connectivity index (χ1) is 9.42. The minimum Gasteiger partial charge on any atom is -0.324 e. The quantitative estimate of drug-likeness (QED) is 0.932. The van der Waals surface area contributed by atoms with Crippen LogP contribution in [0.15, 0.2) is 18.2 Å². The van der Waals surface area contributed by atoms with Crippen LogP contribution in [-0.4, -0.2) is 9.78 Å². The Morgan fingerprint density at radius 3 is 2.55 bits per heavy atom. The van der Waals surface area contributed by atoms with Gasteiger partial charge in [-0.25, -0.2) is 0 Å². The van der Waals surface area contributed by atoms with E-state index in [1.165, 1.54) is 0 Å². The molecule has 0 aliphatic carbocycles. The summed E-state index contributed by atoms with van der Waals surface area (Å²) in [5.41, 5.74) is 10.3. The predicted molar refractivity (Wildman–Crippen MR) is 84.4 cm³/mol. The van der Waals surface area contributed by atoms with Crippen molar-refractivity contribution in [1.82, 2.24) is 9.78 Å². The largest absolute Gasteiger partial charge is 0.324 e. The molecule has 0 aliphatic heterocycles. The normalized spacial score (nSPS) is 12.7. The molecule has 1 heterocycles. The van der Waals surface area contributed by atoms with E-state index in [0.29, 0.717) is 11.4 Å². The van der Waals surface area contributed by atoms with Gasteiger partial charge in [0.1, 0.15) is 0 Å². The first-order valence-electron chi connectivity index (χ1n) is 6.65. The summed E-state index contributed by atoms with van der Waals surface area (Å²) in [6, 6.07) is 5.74. The second-order valence-electron chi connectivity index (χ2n) is 5.06. The first-order valence-corrected chi connectivity index (χ1v) is 7.40. The zero-order valence-corrected chi connectivity index (χ0v) is 13.5. The molecule has 0 fully saturated rings. The Labute approximate surface area is 129 Å². The smallest absolute Gasteiger partial charge is 0.0850 e. The molecule has 0 saturated carbocycles. The number of nitrogens with zero attached hydrogens (tertiary/aromatic N) is 2. The van der Waals surface area contributed by atoms with E-state index < -0.39 is 0 Å². The van der Waals surface area contributed by atoms with Crippen LogP contribution in [0.1, 0.15) is 35.5 Å². The highest BCUT2D eigenvalue weighted by Crippen LogP contribution is 2.27. The SMILES string of the molecule is CCc1nn(C)c(CC(N)c2cc(C)cc(Cl)c2)c1Cl. The number of halogens is 2. The molecule has 1 aromatic carbocycles. The van der Waals surface area contributed by atoms with Gasteiger partial charge in [-0.3, -0.25) is 4.68 Å². The molecule has 1 unspecified atom stereocenters. The van der Waals surface area contributed by atoms with Gasteiger partial charge in [-0.1, -0.05) is 36.2 Å². The summed E-state index contributed by atoms with van der Waals surface area (Å²) in [5.74, 6) is 0. The van der Waals surface area contributed by atoms with Crippen LogP contribution in [-0.2, 0) is 19.9 Å². The van der Waals surface area contributed by atoms with Gasteiger partial charge >= 0.3 is 0 Å². The van der Waals surface area contributed by atoms with Gasteiger partial charge in [0.2, 0.25) is 0 Å². The first kappa shape index (κ1) is 15.4. The molecule has 1 aromatic heterocycles. The molecular formula is C15H19Cl2N3. The van der Waals surface area contributed by atoms with Crippen molar-refractivity contribution < 1.29 is 0 Å². The highest BCUT2D eigenvalue weighted by molar-refractivity contribution is 6.32. The van der Waals surface area contributed by atoms with Crippen LogP contribution >= 0.6 is 23.2 Å². The van der Waals surface area contributed by atoms with Crippen molar-refractivity contribution in [1.29, 1.82) is 0 Å². The van der Waals surface area contributed by atoms with Crippen molar-refractivity contribution in [2.75, 3.05) is 0 Å². The molecule has 0 bridgehead atoms. The molecule has 0 aliphatic rings. The Hall–Kier alpha value is -1.03. The van der Waals surface area contributed by atoms with Crippen LogP contribution in [0, 0.1) is 6.92 Å². The Bertz CT molecular complexity index is 600. The summed E-state index contributed by atoms with van der Waals surface area (Å²) in [5, 5.41) is 5.85. The maximum Gasteiger partial charge on any atom is 0.0850 e. The van der Waals surface area contributed by atoms with Gasteiger partial charge in [0.15, 0.2) is 0 Å². The number of benzene rings is 1. The van der Waals surface area contributed by atoms with Crippen LogP contribution in [0.3, 0.4) is 0 Å². The number of aromatic nitrogens is 2. The number of rotatable bonds is 4. The molecular weight excluding hydrogens is 293 g/mol. The predicted octanol–water partition coefficient (Wildman–Crippen LogP) is 3.84. The number of hydrogen-bond acceptors (Lipinski definition) is 2. The monoisotopic (exact) mass is 311 g/mol. The van der Waals surface area contributed by atoms with E-state index in [1.54, 1.807) is 0 Å².